The fourth-order valence-corrected chi connectivity index (χ4v) is 5.23. The lowest BCUT2D eigenvalue weighted by Crippen LogP contribution is -2.16. The Morgan fingerprint density at radius 1 is 0.950 bits per heavy atom. The number of nitrogens with zero attached hydrogens (tertiary/aromatic N) is 7. The van der Waals surface area contributed by atoms with Gasteiger partial charge in [0.05, 0.1) is 34.6 Å². The summed E-state index contributed by atoms with van der Waals surface area (Å²) in [5.74, 6) is 1.14. The van der Waals surface area contributed by atoms with E-state index in [-0.39, 0.29) is 12.5 Å². The van der Waals surface area contributed by atoms with Crippen molar-refractivity contribution in [3.05, 3.63) is 130 Å². The number of oxime groups is 1. The maximum Gasteiger partial charge on any atom is 0.230 e. The molecule has 0 spiro atoms. The molecule has 0 radical (unpaired) electrons. The van der Waals surface area contributed by atoms with Gasteiger partial charge in [-0.05, 0) is 36.2 Å². The van der Waals surface area contributed by atoms with Crippen LogP contribution in [-0.4, -0.2) is 35.6 Å². The summed E-state index contributed by atoms with van der Waals surface area (Å²) in [7, 11) is 0. The SMILES string of the molecule is Cc1nn(-c2ccccc2)c2c1[C@@H](c1ccccc1Cl)c1c(ncn3nc(CO/N=C/c4ccccc4)nc13)O2. The average Bonchev–Trinajstić information content (AvgIpc) is 3.56. The summed E-state index contributed by atoms with van der Waals surface area (Å²) >= 11 is 6.79. The average molecular weight is 548 g/mol. The lowest BCUT2D eigenvalue weighted by Gasteiger charge is -2.27. The van der Waals surface area contributed by atoms with Crippen molar-refractivity contribution in [2.45, 2.75) is 19.4 Å². The third-order valence-electron chi connectivity index (χ3n) is 6.75. The first kappa shape index (κ1) is 24.1. The van der Waals surface area contributed by atoms with Crippen molar-refractivity contribution in [3.8, 4) is 17.4 Å². The highest BCUT2D eigenvalue weighted by molar-refractivity contribution is 6.31. The van der Waals surface area contributed by atoms with Gasteiger partial charge in [-0.3, -0.25) is 0 Å². The summed E-state index contributed by atoms with van der Waals surface area (Å²) in [6.07, 6.45) is 3.23. The van der Waals surface area contributed by atoms with Crippen molar-refractivity contribution in [2.75, 3.05) is 0 Å². The van der Waals surface area contributed by atoms with E-state index in [1.54, 1.807) is 21.7 Å². The molecule has 1 atom stereocenters. The van der Waals surface area contributed by atoms with E-state index in [4.69, 9.17) is 31.3 Å². The summed E-state index contributed by atoms with van der Waals surface area (Å²) < 4.78 is 9.89. The molecule has 0 fully saturated rings. The normalized spacial score (nSPS) is 14.2. The number of para-hydroxylation sites is 1. The fraction of sp³-hybridized carbons (Fsp3) is 0.100. The van der Waals surface area contributed by atoms with Crippen molar-refractivity contribution >= 4 is 23.5 Å². The van der Waals surface area contributed by atoms with Gasteiger partial charge in [0.25, 0.3) is 0 Å². The van der Waals surface area contributed by atoms with Gasteiger partial charge in [-0.2, -0.15) is 5.10 Å². The molecular formula is C30H22ClN7O2. The molecule has 0 amide bonds. The molecule has 9 nitrogen and oxygen atoms in total. The third kappa shape index (κ3) is 4.17. The van der Waals surface area contributed by atoms with Gasteiger partial charge >= 0.3 is 0 Å². The predicted octanol–water partition coefficient (Wildman–Crippen LogP) is 6.11. The van der Waals surface area contributed by atoms with Crippen LogP contribution in [0.2, 0.25) is 5.02 Å². The zero-order valence-corrected chi connectivity index (χ0v) is 22.1. The van der Waals surface area contributed by atoms with E-state index in [0.717, 1.165) is 33.6 Å². The zero-order valence-electron chi connectivity index (χ0n) is 21.3. The molecule has 0 unspecified atom stereocenters. The molecule has 10 heteroatoms. The minimum Gasteiger partial charge on any atom is -0.420 e. The fourth-order valence-electron chi connectivity index (χ4n) is 4.98. The van der Waals surface area contributed by atoms with Crippen molar-refractivity contribution in [3.63, 3.8) is 0 Å². The van der Waals surface area contributed by atoms with Crippen LogP contribution in [0.4, 0.5) is 0 Å². The summed E-state index contributed by atoms with van der Waals surface area (Å²) in [6.45, 7) is 2.06. The van der Waals surface area contributed by atoms with Crippen LogP contribution in [0.1, 0.15) is 39.7 Å². The standard InChI is InChI=1S/C30H22ClN7O2/c1-19-25-26(22-14-8-9-15-23(22)31)27-28-34-24(17-39-33-16-20-10-4-2-5-11-20)36-37(28)18-32-29(27)40-30(25)38(35-19)21-12-6-3-7-13-21/h2-16,18,26H,17H2,1H3/b33-16+/t26-/m1/s1. The second-order valence-corrected chi connectivity index (χ2v) is 9.69. The Balaban J connectivity index is 1.33. The summed E-state index contributed by atoms with van der Waals surface area (Å²) in [5.41, 5.74) is 5.78. The Kier molecular flexibility index (Phi) is 5.98. The van der Waals surface area contributed by atoms with Crippen molar-refractivity contribution in [1.82, 2.24) is 29.4 Å². The molecule has 0 N–H and O–H groups in total. The maximum atomic E-state index is 6.79. The van der Waals surface area contributed by atoms with Gasteiger partial charge in [-0.1, -0.05) is 83.5 Å². The molecule has 1 aliphatic heterocycles. The van der Waals surface area contributed by atoms with Gasteiger partial charge in [-0.15, -0.1) is 5.10 Å². The van der Waals surface area contributed by atoms with Gasteiger partial charge in [0, 0.05) is 5.02 Å². The van der Waals surface area contributed by atoms with E-state index in [1.807, 2.05) is 91.9 Å². The van der Waals surface area contributed by atoms with Crippen LogP contribution in [0.3, 0.4) is 0 Å². The minimum atomic E-state index is -0.338. The van der Waals surface area contributed by atoms with E-state index < -0.39 is 0 Å². The third-order valence-corrected chi connectivity index (χ3v) is 7.09. The molecule has 0 saturated carbocycles. The van der Waals surface area contributed by atoms with E-state index in [9.17, 15) is 0 Å². The number of rotatable bonds is 6. The van der Waals surface area contributed by atoms with E-state index in [2.05, 4.69) is 15.2 Å². The largest absolute Gasteiger partial charge is 0.420 e. The second-order valence-electron chi connectivity index (χ2n) is 9.29. The molecule has 0 aliphatic carbocycles. The molecule has 196 valence electrons. The van der Waals surface area contributed by atoms with Crippen molar-refractivity contribution in [1.29, 1.82) is 0 Å². The lowest BCUT2D eigenvalue weighted by molar-refractivity contribution is 0.126. The Bertz CT molecular complexity index is 1870. The van der Waals surface area contributed by atoms with Gasteiger partial charge in [-0.25, -0.2) is 19.2 Å². The zero-order chi connectivity index (χ0) is 27.1. The molecule has 0 bridgehead atoms. The monoisotopic (exact) mass is 547 g/mol. The van der Waals surface area contributed by atoms with Gasteiger partial charge in [0.2, 0.25) is 11.8 Å². The van der Waals surface area contributed by atoms with Gasteiger partial charge < -0.3 is 9.57 Å². The number of aryl methyl sites for hydroxylation is 1. The molecule has 40 heavy (non-hydrogen) atoms. The number of ether oxygens (including phenoxy) is 1. The lowest BCUT2D eigenvalue weighted by atomic mass is 9.84. The number of fused-ring (bicyclic) bond motifs is 4. The highest BCUT2D eigenvalue weighted by Gasteiger charge is 2.38. The van der Waals surface area contributed by atoms with E-state index in [1.165, 1.54) is 0 Å². The predicted molar refractivity (Wildman–Crippen MR) is 150 cm³/mol. The van der Waals surface area contributed by atoms with E-state index in [0.29, 0.717) is 28.3 Å². The maximum absolute atomic E-state index is 6.79. The van der Waals surface area contributed by atoms with Crippen LogP contribution < -0.4 is 4.74 Å². The molecule has 0 saturated heterocycles. The molecule has 6 aromatic rings. The Morgan fingerprint density at radius 3 is 2.50 bits per heavy atom. The van der Waals surface area contributed by atoms with Crippen molar-refractivity contribution < 1.29 is 9.57 Å². The van der Waals surface area contributed by atoms with Crippen molar-refractivity contribution in [2.24, 2.45) is 5.16 Å². The number of benzene rings is 3. The molecular weight excluding hydrogens is 526 g/mol. The van der Waals surface area contributed by atoms with Crippen LogP contribution in [0, 0.1) is 6.92 Å². The summed E-state index contributed by atoms with van der Waals surface area (Å²) in [6, 6.07) is 27.3. The Labute approximate surface area is 234 Å². The smallest absolute Gasteiger partial charge is 0.230 e. The Hall–Kier alpha value is -5.02. The first-order valence-electron chi connectivity index (χ1n) is 12.7. The topological polar surface area (TPSA) is 91.7 Å². The number of halogens is 1. The van der Waals surface area contributed by atoms with E-state index >= 15 is 0 Å². The Morgan fingerprint density at radius 2 is 1.70 bits per heavy atom. The van der Waals surface area contributed by atoms with Crippen LogP contribution in [0.25, 0.3) is 11.3 Å². The van der Waals surface area contributed by atoms with Crippen LogP contribution >= 0.6 is 11.6 Å². The number of hydrogen-bond donors (Lipinski definition) is 0. The highest BCUT2D eigenvalue weighted by atomic mass is 35.5. The number of aromatic nitrogens is 6. The number of hydrogen-bond acceptors (Lipinski definition) is 7. The minimum absolute atomic E-state index is 0.0909. The first-order chi connectivity index (χ1) is 19.7. The highest BCUT2D eigenvalue weighted by Crippen LogP contribution is 2.50. The van der Waals surface area contributed by atoms with Gasteiger partial charge in [0.1, 0.15) is 6.33 Å². The molecule has 3 aromatic heterocycles. The molecule has 3 aromatic carbocycles. The molecule has 7 rings (SSSR count). The second kappa shape index (κ2) is 9.94. The van der Waals surface area contributed by atoms with Crippen LogP contribution in [0.15, 0.2) is 96.4 Å². The van der Waals surface area contributed by atoms with Crippen LogP contribution in [-0.2, 0) is 11.4 Å². The molecule has 1 aliphatic rings. The quantitative estimate of drug-likeness (QED) is 0.184. The van der Waals surface area contributed by atoms with Gasteiger partial charge in [0.15, 0.2) is 18.1 Å². The summed E-state index contributed by atoms with van der Waals surface area (Å²) in [5, 5.41) is 14.1. The van der Waals surface area contributed by atoms with Crippen LogP contribution in [0.5, 0.6) is 11.8 Å². The first-order valence-corrected chi connectivity index (χ1v) is 13.1. The molecule has 4 heterocycles. The summed E-state index contributed by atoms with van der Waals surface area (Å²) in [4.78, 5) is 14.9.